The van der Waals surface area contributed by atoms with Crippen molar-refractivity contribution in [2.24, 2.45) is 5.73 Å². The van der Waals surface area contributed by atoms with Crippen molar-refractivity contribution in [3.63, 3.8) is 0 Å². The zero-order chi connectivity index (χ0) is 15.1. The predicted octanol–water partition coefficient (Wildman–Crippen LogP) is 2.11. The van der Waals surface area contributed by atoms with E-state index in [4.69, 9.17) is 10.5 Å². The van der Waals surface area contributed by atoms with E-state index in [2.05, 4.69) is 28.9 Å². The van der Waals surface area contributed by atoms with E-state index in [1.165, 1.54) is 31.6 Å². The number of rotatable bonds is 7. The number of piperazine rings is 1. The van der Waals surface area contributed by atoms with Crippen molar-refractivity contribution in [2.75, 3.05) is 45.9 Å². The Bertz CT molecular complexity index is 399. The summed E-state index contributed by atoms with van der Waals surface area (Å²) in [6, 6.07) is 8.28. The molecule has 1 saturated heterocycles. The van der Waals surface area contributed by atoms with Crippen molar-refractivity contribution in [3.05, 3.63) is 29.8 Å². The van der Waals surface area contributed by atoms with Crippen molar-refractivity contribution in [2.45, 2.75) is 26.3 Å². The summed E-state index contributed by atoms with van der Waals surface area (Å²) in [6.45, 7) is 11.7. The minimum atomic E-state index is 0.0819. The third-order valence-corrected chi connectivity index (χ3v) is 4.08. The molecule has 21 heavy (non-hydrogen) atoms. The lowest BCUT2D eigenvalue weighted by molar-refractivity contribution is 0.127. The highest BCUT2D eigenvalue weighted by atomic mass is 16.5. The fourth-order valence-electron chi connectivity index (χ4n) is 2.87. The summed E-state index contributed by atoms with van der Waals surface area (Å²) >= 11 is 0. The van der Waals surface area contributed by atoms with Crippen LogP contribution in [0, 0.1) is 0 Å². The Balaban J connectivity index is 1.80. The van der Waals surface area contributed by atoms with E-state index in [9.17, 15) is 0 Å². The first-order valence-electron chi connectivity index (χ1n) is 8.16. The minimum Gasteiger partial charge on any atom is -0.494 e. The number of benzene rings is 1. The standard InChI is InChI=1S/C17H29N3O/c1-3-9-19-10-12-20(13-11-19)14-17(18)15-5-7-16(8-6-15)21-4-2/h5-8,17H,3-4,9-14,18H2,1-2H3. The molecule has 0 aromatic heterocycles. The molecule has 0 bridgehead atoms. The van der Waals surface area contributed by atoms with Crippen LogP contribution >= 0.6 is 0 Å². The SMILES string of the molecule is CCCN1CCN(CC(N)c2ccc(OCC)cc2)CC1. The molecule has 0 radical (unpaired) electrons. The van der Waals surface area contributed by atoms with Crippen LogP contribution in [-0.2, 0) is 0 Å². The van der Waals surface area contributed by atoms with Crippen LogP contribution in [0.2, 0.25) is 0 Å². The topological polar surface area (TPSA) is 41.7 Å². The number of nitrogens with two attached hydrogens (primary N) is 1. The molecular formula is C17H29N3O. The van der Waals surface area contributed by atoms with Gasteiger partial charge in [0.25, 0.3) is 0 Å². The Morgan fingerprint density at radius 3 is 2.24 bits per heavy atom. The van der Waals surface area contributed by atoms with E-state index in [1.54, 1.807) is 0 Å². The number of hydrogen-bond donors (Lipinski definition) is 1. The van der Waals surface area contributed by atoms with Gasteiger partial charge in [0.2, 0.25) is 0 Å². The van der Waals surface area contributed by atoms with Gasteiger partial charge >= 0.3 is 0 Å². The van der Waals surface area contributed by atoms with Crippen LogP contribution in [0.4, 0.5) is 0 Å². The molecule has 1 aromatic rings. The zero-order valence-electron chi connectivity index (χ0n) is 13.4. The fourth-order valence-corrected chi connectivity index (χ4v) is 2.87. The lowest BCUT2D eigenvalue weighted by Crippen LogP contribution is -2.48. The number of ether oxygens (including phenoxy) is 1. The van der Waals surface area contributed by atoms with Crippen LogP contribution < -0.4 is 10.5 Å². The lowest BCUT2D eigenvalue weighted by atomic mass is 10.1. The molecule has 1 unspecified atom stereocenters. The van der Waals surface area contributed by atoms with Gasteiger partial charge in [-0.25, -0.2) is 0 Å². The van der Waals surface area contributed by atoms with Gasteiger partial charge in [0.05, 0.1) is 6.61 Å². The Kier molecular flexibility index (Phi) is 6.49. The Morgan fingerprint density at radius 2 is 1.67 bits per heavy atom. The molecule has 0 spiro atoms. The van der Waals surface area contributed by atoms with Gasteiger partial charge in [0, 0.05) is 38.8 Å². The second-order valence-corrected chi connectivity index (χ2v) is 5.75. The molecule has 2 N–H and O–H groups in total. The number of nitrogens with zero attached hydrogens (tertiary/aromatic N) is 2. The summed E-state index contributed by atoms with van der Waals surface area (Å²) in [4.78, 5) is 5.02. The maximum atomic E-state index is 6.35. The number of hydrogen-bond acceptors (Lipinski definition) is 4. The zero-order valence-corrected chi connectivity index (χ0v) is 13.4. The van der Waals surface area contributed by atoms with Crippen molar-refractivity contribution >= 4 is 0 Å². The minimum absolute atomic E-state index is 0.0819. The van der Waals surface area contributed by atoms with Crippen molar-refractivity contribution in [1.82, 2.24) is 9.80 Å². The maximum absolute atomic E-state index is 6.35. The van der Waals surface area contributed by atoms with Gasteiger partial charge in [-0.05, 0) is 37.6 Å². The molecule has 0 amide bonds. The predicted molar refractivity (Wildman–Crippen MR) is 87.7 cm³/mol. The highest BCUT2D eigenvalue weighted by Gasteiger charge is 2.18. The van der Waals surface area contributed by atoms with Crippen LogP contribution in [0.15, 0.2) is 24.3 Å². The third kappa shape index (κ3) is 4.99. The summed E-state index contributed by atoms with van der Waals surface area (Å²) in [7, 11) is 0. The smallest absolute Gasteiger partial charge is 0.119 e. The summed E-state index contributed by atoms with van der Waals surface area (Å²) in [6.07, 6.45) is 1.24. The van der Waals surface area contributed by atoms with Gasteiger partial charge in [-0.15, -0.1) is 0 Å². The molecule has 0 aliphatic carbocycles. The first kappa shape index (κ1) is 16.3. The molecule has 2 rings (SSSR count). The summed E-state index contributed by atoms with van der Waals surface area (Å²) in [5.74, 6) is 0.918. The quantitative estimate of drug-likeness (QED) is 0.835. The molecule has 1 aliphatic heterocycles. The Hall–Kier alpha value is -1.10. The van der Waals surface area contributed by atoms with Crippen molar-refractivity contribution in [3.8, 4) is 5.75 Å². The van der Waals surface area contributed by atoms with Gasteiger partial charge in [-0.3, -0.25) is 4.90 Å². The fraction of sp³-hybridized carbons (Fsp3) is 0.647. The van der Waals surface area contributed by atoms with Gasteiger partial charge in [-0.2, -0.15) is 0 Å². The average Bonchev–Trinajstić information content (AvgIpc) is 2.50. The highest BCUT2D eigenvalue weighted by molar-refractivity contribution is 5.29. The first-order chi connectivity index (χ1) is 10.2. The van der Waals surface area contributed by atoms with Gasteiger partial charge in [0.1, 0.15) is 5.75 Å². The Morgan fingerprint density at radius 1 is 1.05 bits per heavy atom. The van der Waals surface area contributed by atoms with Gasteiger partial charge < -0.3 is 15.4 Å². The van der Waals surface area contributed by atoms with E-state index in [0.717, 1.165) is 25.4 Å². The molecule has 1 atom stereocenters. The van der Waals surface area contributed by atoms with Crippen LogP contribution in [0.3, 0.4) is 0 Å². The second kappa shape index (κ2) is 8.37. The summed E-state index contributed by atoms with van der Waals surface area (Å²) in [5.41, 5.74) is 7.54. The summed E-state index contributed by atoms with van der Waals surface area (Å²) < 4.78 is 5.47. The highest BCUT2D eigenvalue weighted by Crippen LogP contribution is 2.18. The largest absolute Gasteiger partial charge is 0.494 e. The molecule has 1 heterocycles. The van der Waals surface area contributed by atoms with Gasteiger partial charge in [0.15, 0.2) is 0 Å². The van der Waals surface area contributed by atoms with E-state index in [-0.39, 0.29) is 6.04 Å². The molecular weight excluding hydrogens is 262 g/mol. The maximum Gasteiger partial charge on any atom is 0.119 e. The van der Waals surface area contributed by atoms with E-state index < -0.39 is 0 Å². The van der Waals surface area contributed by atoms with Crippen LogP contribution in [0.1, 0.15) is 31.9 Å². The molecule has 4 nitrogen and oxygen atoms in total. The Labute approximate surface area is 128 Å². The lowest BCUT2D eigenvalue weighted by Gasteiger charge is -2.35. The average molecular weight is 291 g/mol. The van der Waals surface area contributed by atoms with Crippen LogP contribution in [0.5, 0.6) is 5.75 Å². The van der Waals surface area contributed by atoms with E-state index >= 15 is 0 Å². The molecule has 1 fully saturated rings. The van der Waals surface area contributed by atoms with Crippen LogP contribution in [0.25, 0.3) is 0 Å². The van der Waals surface area contributed by atoms with E-state index in [1.807, 2.05) is 19.1 Å². The van der Waals surface area contributed by atoms with Crippen molar-refractivity contribution in [1.29, 1.82) is 0 Å². The molecule has 1 aromatic carbocycles. The van der Waals surface area contributed by atoms with Gasteiger partial charge in [-0.1, -0.05) is 19.1 Å². The molecule has 1 aliphatic rings. The molecule has 4 heteroatoms. The third-order valence-electron chi connectivity index (χ3n) is 4.08. The molecule has 118 valence electrons. The summed E-state index contributed by atoms with van der Waals surface area (Å²) in [5, 5.41) is 0. The monoisotopic (exact) mass is 291 g/mol. The van der Waals surface area contributed by atoms with Crippen molar-refractivity contribution < 1.29 is 4.74 Å². The second-order valence-electron chi connectivity index (χ2n) is 5.75. The first-order valence-corrected chi connectivity index (χ1v) is 8.16. The van der Waals surface area contributed by atoms with Crippen LogP contribution in [-0.4, -0.2) is 55.7 Å². The molecule has 0 saturated carbocycles. The van der Waals surface area contributed by atoms with E-state index in [0.29, 0.717) is 6.61 Å². The normalized spacial score (nSPS) is 18.6.